The summed E-state index contributed by atoms with van der Waals surface area (Å²) in [5, 5.41) is 28.6. The van der Waals surface area contributed by atoms with Crippen molar-refractivity contribution in [3.63, 3.8) is 0 Å². The Morgan fingerprint density at radius 1 is 0.960 bits per heavy atom. The van der Waals surface area contributed by atoms with Crippen LogP contribution in [0.4, 0.5) is 32.0 Å². The van der Waals surface area contributed by atoms with Gasteiger partial charge in [0.05, 0.1) is 38.6 Å². The maximum Gasteiger partial charge on any atom is 0.573 e. The fourth-order valence-electron chi connectivity index (χ4n) is 4.62. The van der Waals surface area contributed by atoms with Gasteiger partial charge in [0.2, 0.25) is 0 Å². The molecule has 258 valence electrons. The molecule has 0 saturated carbocycles. The summed E-state index contributed by atoms with van der Waals surface area (Å²) in [5.74, 6) is -3.83. The predicted molar refractivity (Wildman–Crippen MR) is 164 cm³/mol. The SMILES string of the molecule is Cc1cc(C#N)cc(C(=O)NCc2ccccc2OC(F)(F)F)c1NC(=O)c1cc(Cn2nnc(C(F)(F)F)n2)nn1-c1c(Cl)cccc1Cl. The second-order valence-electron chi connectivity index (χ2n) is 10.3. The Morgan fingerprint density at radius 2 is 1.66 bits per heavy atom. The lowest BCUT2D eigenvalue weighted by Crippen LogP contribution is -2.27. The summed E-state index contributed by atoms with van der Waals surface area (Å²) >= 11 is 12.8. The molecule has 0 atom stereocenters. The number of halogens is 8. The Kier molecular flexibility index (Phi) is 10.0. The maximum absolute atomic E-state index is 13.9. The van der Waals surface area contributed by atoms with Crippen LogP contribution in [-0.2, 0) is 19.3 Å². The van der Waals surface area contributed by atoms with Crippen LogP contribution in [0.1, 0.15) is 49.1 Å². The van der Waals surface area contributed by atoms with Gasteiger partial charge in [-0.25, -0.2) is 4.68 Å². The first-order valence-corrected chi connectivity index (χ1v) is 14.7. The van der Waals surface area contributed by atoms with Gasteiger partial charge in [0, 0.05) is 12.1 Å². The molecule has 50 heavy (non-hydrogen) atoms. The van der Waals surface area contributed by atoms with Gasteiger partial charge in [0.1, 0.15) is 23.7 Å². The molecular weight excluding hydrogens is 719 g/mol. The fraction of sp³-hybridized carbons (Fsp3) is 0.167. The lowest BCUT2D eigenvalue weighted by molar-refractivity contribution is -0.274. The highest BCUT2D eigenvalue weighted by molar-refractivity contribution is 6.37. The van der Waals surface area contributed by atoms with Crippen molar-refractivity contribution in [3.8, 4) is 17.5 Å². The van der Waals surface area contributed by atoms with Gasteiger partial charge in [-0.3, -0.25) is 9.59 Å². The number of nitrogens with one attached hydrogen (secondary N) is 2. The molecule has 0 bridgehead atoms. The van der Waals surface area contributed by atoms with Gasteiger partial charge in [0.15, 0.2) is 0 Å². The highest BCUT2D eigenvalue weighted by Crippen LogP contribution is 2.31. The number of alkyl halides is 6. The number of para-hydroxylation sites is 2. The van der Waals surface area contributed by atoms with E-state index in [-0.39, 0.29) is 55.1 Å². The molecule has 2 aromatic heterocycles. The molecule has 0 saturated heterocycles. The number of anilines is 1. The highest BCUT2D eigenvalue weighted by atomic mass is 35.5. The van der Waals surface area contributed by atoms with Gasteiger partial charge in [0.25, 0.3) is 17.6 Å². The van der Waals surface area contributed by atoms with Crippen molar-refractivity contribution in [2.75, 3.05) is 5.32 Å². The molecule has 0 aliphatic rings. The van der Waals surface area contributed by atoms with E-state index in [1.807, 2.05) is 6.07 Å². The summed E-state index contributed by atoms with van der Waals surface area (Å²) in [7, 11) is 0. The Bertz CT molecular complexity index is 2120. The summed E-state index contributed by atoms with van der Waals surface area (Å²) in [6.45, 7) is 0.589. The number of hydrogen-bond donors (Lipinski definition) is 2. The molecule has 2 amide bonds. The van der Waals surface area contributed by atoms with Gasteiger partial charge in [-0.15, -0.1) is 23.4 Å². The van der Waals surface area contributed by atoms with E-state index in [9.17, 15) is 41.2 Å². The number of aryl methyl sites for hydroxylation is 1. The molecule has 0 unspecified atom stereocenters. The van der Waals surface area contributed by atoms with Crippen LogP contribution in [0.25, 0.3) is 5.69 Å². The first kappa shape index (κ1) is 35.6. The third-order valence-corrected chi connectivity index (χ3v) is 7.35. The summed E-state index contributed by atoms with van der Waals surface area (Å²) in [4.78, 5) is 27.9. The van der Waals surface area contributed by atoms with Gasteiger partial charge < -0.3 is 15.4 Å². The highest BCUT2D eigenvalue weighted by Gasteiger charge is 2.37. The number of aromatic nitrogens is 6. The van der Waals surface area contributed by atoms with Crippen molar-refractivity contribution >= 4 is 40.7 Å². The van der Waals surface area contributed by atoms with Crippen molar-refractivity contribution in [1.29, 1.82) is 5.26 Å². The zero-order valence-corrected chi connectivity index (χ0v) is 26.6. The van der Waals surface area contributed by atoms with Crippen LogP contribution in [0.15, 0.2) is 60.7 Å². The number of benzene rings is 3. The predicted octanol–water partition coefficient (Wildman–Crippen LogP) is 6.49. The second-order valence-corrected chi connectivity index (χ2v) is 11.1. The van der Waals surface area contributed by atoms with E-state index in [4.69, 9.17) is 23.2 Å². The maximum atomic E-state index is 13.9. The molecule has 12 nitrogen and oxygen atoms in total. The van der Waals surface area contributed by atoms with E-state index in [0.29, 0.717) is 4.80 Å². The number of carbonyl (C=O) groups is 2. The van der Waals surface area contributed by atoms with E-state index in [2.05, 4.69) is 35.9 Å². The lowest BCUT2D eigenvalue weighted by atomic mass is 10.0. The molecule has 0 aliphatic heterocycles. The Balaban J connectivity index is 1.49. The summed E-state index contributed by atoms with van der Waals surface area (Å²) in [6, 6.07) is 15.2. The molecule has 0 radical (unpaired) electrons. The Hall–Kier alpha value is -5.67. The first-order valence-electron chi connectivity index (χ1n) is 13.9. The average molecular weight is 738 g/mol. The molecule has 0 spiro atoms. The lowest BCUT2D eigenvalue weighted by Gasteiger charge is -2.17. The monoisotopic (exact) mass is 737 g/mol. The quantitative estimate of drug-likeness (QED) is 0.163. The number of carbonyl (C=O) groups excluding carboxylic acids is 2. The van der Waals surface area contributed by atoms with Crippen LogP contribution < -0.4 is 15.4 Å². The topological polar surface area (TPSA) is 153 Å². The first-order chi connectivity index (χ1) is 23.5. The molecule has 5 aromatic rings. The van der Waals surface area contributed by atoms with Crippen molar-refractivity contribution in [2.45, 2.75) is 32.6 Å². The minimum Gasteiger partial charge on any atom is -0.405 e. The van der Waals surface area contributed by atoms with Crippen LogP contribution in [-0.4, -0.2) is 48.2 Å². The second kappa shape index (κ2) is 14.1. The van der Waals surface area contributed by atoms with Crippen LogP contribution in [0, 0.1) is 18.3 Å². The third kappa shape index (κ3) is 8.13. The van der Waals surface area contributed by atoms with E-state index in [0.717, 1.165) is 10.7 Å². The minimum absolute atomic E-state index is 0.0193. The van der Waals surface area contributed by atoms with Crippen LogP contribution in [0.5, 0.6) is 5.75 Å². The normalized spacial score (nSPS) is 11.6. The van der Waals surface area contributed by atoms with E-state index in [1.165, 1.54) is 61.5 Å². The van der Waals surface area contributed by atoms with E-state index in [1.54, 1.807) is 0 Å². The van der Waals surface area contributed by atoms with Gasteiger partial charge >= 0.3 is 12.5 Å². The summed E-state index contributed by atoms with van der Waals surface area (Å²) < 4.78 is 82.9. The number of tetrazole rings is 1. The third-order valence-electron chi connectivity index (χ3n) is 6.74. The number of hydrogen-bond acceptors (Lipinski definition) is 8. The smallest absolute Gasteiger partial charge is 0.405 e. The van der Waals surface area contributed by atoms with Crippen molar-refractivity contribution in [1.82, 2.24) is 35.3 Å². The number of amides is 2. The molecule has 20 heteroatoms. The van der Waals surface area contributed by atoms with E-state index >= 15 is 0 Å². The van der Waals surface area contributed by atoms with Crippen molar-refractivity contribution in [2.24, 2.45) is 0 Å². The minimum atomic E-state index is -4.99. The van der Waals surface area contributed by atoms with Gasteiger partial charge in [-0.2, -0.15) is 28.3 Å². The fourth-order valence-corrected chi connectivity index (χ4v) is 5.18. The van der Waals surface area contributed by atoms with Gasteiger partial charge in [-0.05, 0) is 54.1 Å². The average Bonchev–Trinajstić information content (AvgIpc) is 3.68. The Morgan fingerprint density at radius 3 is 2.30 bits per heavy atom. The zero-order chi connectivity index (χ0) is 36.4. The van der Waals surface area contributed by atoms with E-state index < -0.39 is 49.0 Å². The molecule has 5 rings (SSSR count). The molecule has 0 fully saturated rings. The molecule has 2 heterocycles. The van der Waals surface area contributed by atoms with Crippen molar-refractivity contribution in [3.05, 3.63) is 110 Å². The largest absolute Gasteiger partial charge is 0.573 e. The van der Waals surface area contributed by atoms with Crippen molar-refractivity contribution < 1.29 is 40.7 Å². The molecule has 3 aromatic carbocycles. The molecule has 0 aliphatic carbocycles. The summed E-state index contributed by atoms with van der Waals surface area (Å²) in [5.41, 5.74) is -0.294. The molecular formula is C30H19Cl2F6N9O3. The number of nitriles is 1. The standard InChI is InChI=1S/C30H19Cl2F6N9O3/c1-15-9-16(12-39)10-19(26(48)40-13-17-5-2-3-8-23(17)50-30(36,37)38)24(15)41-27(49)22-11-18(14-46-44-28(42-45-46)29(33,34)35)43-47(22)25-20(31)6-4-7-21(25)32/h2-11H,13-14H2,1H3,(H,40,48)(H,41,49). The number of rotatable bonds is 9. The van der Waals surface area contributed by atoms with Gasteiger partial charge in [-0.1, -0.05) is 47.5 Å². The number of ether oxygens (including phenoxy) is 1. The number of nitrogens with zero attached hydrogens (tertiary/aromatic N) is 7. The van der Waals surface area contributed by atoms with Crippen LogP contribution in [0.2, 0.25) is 10.0 Å². The zero-order valence-electron chi connectivity index (χ0n) is 25.1. The molecule has 2 N–H and O–H groups in total. The van der Waals surface area contributed by atoms with Crippen LogP contribution >= 0.6 is 23.2 Å². The summed E-state index contributed by atoms with van der Waals surface area (Å²) in [6.07, 6.45) is -9.86. The van der Waals surface area contributed by atoms with Crippen LogP contribution in [0.3, 0.4) is 0 Å². The Labute approximate surface area is 287 Å².